The smallest absolute Gasteiger partial charge is 0.170 e. The molecule has 0 bridgehead atoms. The quantitative estimate of drug-likeness (QED) is 0.724. The van der Waals surface area contributed by atoms with Crippen LogP contribution in [-0.2, 0) is 0 Å². The zero-order valence-corrected chi connectivity index (χ0v) is 7.46. The van der Waals surface area contributed by atoms with Gasteiger partial charge in [-0.05, 0) is 6.07 Å². The summed E-state index contributed by atoms with van der Waals surface area (Å²) in [7, 11) is 1.42. The standard InChI is InChI=1S/C10H12FNO/c1-3-8(12)7-5-4-6-9(13-2)10(7)11/h3-6,8H,1,12H2,2H3/t8-/m0/s1. The number of halogens is 1. The van der Waals surface area contributed by atoms with Gasteiger partial charge in [0.05, 0.1) is 13.2 Å². The number of methoxy groups -OCH3 is 1. The first-order chi connectivity index (χ1) is 6.20. The molecule has 0 amide bonds. The van der Waals surface area contributed by atoms with Crippen molar-refractivity contribution in [2.45, 2.75) is 6.04 Å². The van der Waals surface area contributed by atoms with Gasteiger partial charge in [0.15, 0.2) is 11.6 Å². The fourth-order valence-corrected chi connectivity index (χ4v) is 1.07. The fourth-order valence-electron chi connectivity index (χ4n) is 1.07. The number of benzene rings is 1. The van der Waals surface area contributed by atoms with E-state index in [0.717, 1.165) is 0 Å². The third kappa shape index (κ3) is 1.87. The SMILES string of the molecule is C=C[C@H](N)c1cccc(OC)c1F. The Hall–Kier alpha value is -1.35. The highest BCUT2D eigenvalue weighted by atomic mass is 19.1. The van der Waals surface area contributed by atoms with E-state index >= 15 is 0 Å². The average Bonchev–Trinajstić information content (AvgIpc) is 2.17. The minimum absolute atomic E-state index is 0.204. The van der Waals surface area contributed by atoms with Crippen molar-refractivity contribution in [1.29, 1.82) is 0 Å². The maximum absolute atomic E-state index is 13.5. The van der Waals surface area contributed by atoms with E-state index in [-0.39, 0.29) is 5.75 Å². The van der Waals surface area contributed by atoms with E-state index in [1.807, 2.05) is 0 Å². The Morgan fingerprint density at radius 3 is 2.85 bits per heavy atom. The summed E-state index contributed by atoms with van der Waals surface area (Å²) in [5.74, 6) is -0.216. The van der Waals surface area contributed by atoms with Crippen molar-refractivity contribution in [3.8, 4) is 5.75 Å². The lowest BCUT2D eigenvalue weighted by atomic mass is 10.1. The van der Waals surface area contributed by atoms with Crippen molar-refractivity contribution in [1.82, 2.24) is 0 Å². The van der Waals surface area contributed by atoms with Crippen molar-refractivity contribution in [2.75, 3.05) is 7.11 Å². The molecule has 13 heavy (non-hydrogen) atoms. The molecule has 0 aliphatic heterocycles. The van der Waals surface area contributed by atoms with E-state index in [9.17, 15) is 4.39 Å². The van der Waals surface area contributed by atoms with Gasteiger partial charge in [0, 0.05) is 5.56 Å². The average molecular weight is 181 g/mol. The lowest BCUT2D eigenvalue weighted by Crippen LogP contribution is -2.09. The zero-order valence-electron chi connectivity index (χ0n) is 7.46. The van der Waals surface area contributed by atoms with Gasteiger partial charge in [-0.2, -0.15) is 0 Å². The van der Waals surface area contributed by atoms with Crippen LogP contribution >= 0.6 is 0 Å². The van der Waals surface area contributed by atoms with Gasteiger partial charge in [-0.1, -0.05) is 18.2 Å². The predicted octanol–water partition coefficient (Wildman–Crippen LogP) is 2.02. The van der Waals surface area contributed by atoms with Crippen LogP contribution < -0.4 is 10.5 Å². The van der Waals surface area contributed by atoms with Gasteiger partial charge in [-0.15, -0.1) is 6.58 Å². The van der Waals surface area contributed by atoms with Crippen molar-refractivity contribution >= 4 is 0 Å². The monoisotopic (exact) mass is 181 g/mol. The van der Waals surface area contributed by atoms with Crippen molar-refractivity contribution in [2.24, 2.45) is 5.73 Å². The number of hydrogen-bond acceptors (Lipinski definition) is 2. The molecular weight excluding hydrogens is 169 g/mol. The first kappa shape index (κ1) is 9.74. The molecule has 2 N–H and O–H groups in total. The van der Waals surface area contributed by atoms with Crippen LogP contribution in [-0.4, -0.2) is 7.11 Å². The second-order valence-corrected chi connectivity index (χ2v) is 2.62. The van der Waals surface area contributed by atoms with Crippen LogP contribution in [0.4, 0.5) is 4.39 Å². The van der Waals surface area contributed by atoms with Crippen molar-refractivity contribution in [3.05, 3.63) is 42.2 Å². The Balaban J connectivity index is 3.14. The van der Waals surface area contributed by atoms with Gasteiger partial charge in [0.1, 0.15) is 0 Å². The van der Waals surface area contributed by atoms with Crippen molar-refractivity contribution < 1.29 is 9.13 Å². The van der Waals surface area contributed by atoms with Crippen LogP contribution in [0.15, 0.2) is 30.9 Å². The molecule has 1 aromatic rings. The molecule has 1 aromatic carbocycles. The summed E-state index contributed by atoms with van der Waals surface area (Å²) in [6.45, 7) is 3.50. The highest BCUT2D eigenvalue weighted by Crippen LogP contribution is 2.23. The first-order valence-electron chi connectivity index (χ1n) is 3.91. The fraction of sp³-hybridized carbons (Fsp3) is 0.200. The minimum Gasteiger partial charge on any atom is -0.494 e. The Labute approximate surface area is 76.8 Å². The predicted molar refractivity (Wildman–Crippen MR) is 50.1 cm³/mol. The molecule has 0 aliphatic rings. The zero-order chi connectivity index (χ0) is 9.84. The minimum atomic E-state index is -0.491. The molecule has 0 spiro atoms. The molecule has 0 fully saturated rings. The molecule has 2 nitrogen and oxygen atoms in total. The third-order valence-corrected chi connectivity index (χ3v) is 1.83. The van der Waals surface area contributed by atoms with Crippen LogP contribution in [0.3, 0.4) is 0 Å². The molecule has 1 atom stereocenters. The number of rotatable bonds is 3. The van der Waals surface area contributed by atoms with Gasteiger partial charge < -0.3 is 10.5 Å². The molecule has 0 aromatic heterocycles. The Bertz CT molecular complexity index is 312. The van der Waals surface area contributed by atoms with Crippen LogP contribution in [0.2, 0.25) is 0 Å². The third-order valence-electron chi connectivity index (χ3n) is 1.83. The van der Waals surface area contributed by atoms with Gasteiger partial charge in [-0.3, -0.25) is 0 Å². The molecule has 1 rings (SSSR count). The second kappa shape index (κ2) is 4.05. The van der Waals surface area contributed by atoms with Gasteiger partial charge in [-0.25, -0.2) is 4.39 Å². The van der Waals surface area contributed by atoms with Crippen LogP contribution in [0.5, 0.6) is 5.75 Å². The summed E-state index contributed by atoms with van der Waals surface area (Å²) in [6, 6.07) is 4.37. The molecule has 70 valence electrons. The number of ether oxygens (including phenoxy) is 1. The van der Waals surface area contributed by atoms with Gasteiger partial charge in [0.25, 0.3) is 0 Å². The highest BCUT2D eigenvalue weighted by molar-refractivity contribution is 5.34. The van der Waals surface area contributed by atoms with E-state index < -0.39 is 11.9 Å². The molecule has 0 heterocycles. The van der Waals surface area contributed by atoms with Crippen molar-refractivity contribution in [3.63, 3.8) is 0 Å². The molecule has 0 saturated carbocycles. The summed E-state index contributed by atoms with van der Waals surface area (Å²) in [6.07, 6.45) is 1.48. The summed E-state index contributed by atoms with van der Waals surface area (Å²) in [4.78, 5) is 0. The largest absolute Gasteiger partial charge is 0.494 e. The molecular formula is C10H12FNO. The lowest BCUT2D eigenvalue weighted by molar-refractivity contribution is 0.383. The van der Waals surface area contributed by atoms with Gasteiger partial charge >= 0.3 is 0 Å². The summed E-state index contributed by atoms with van der Waals surface area (Å²) in [5.41, 5.74) is 6.00. The number of nitrogens with two attached hydrogens (primary N) is 1. The molecule has 3 heteroatoms. The highest BCUT2D eigenvalue weighted by Gasteiger charge is 2.11. The molecule has 0 aliphatic carbocycles. The number of hydrogen-bond donors (Lipinski definition) is 1. The second-order valence-electron chi connectivity index (χ2n) is 2.62. The maximum Gasteiger partial charge on any atom is 0.170 e. The summed E-state index contributed by atoms with van der Waals surface area (Å²) >= 11 is 0. The van der Waals surface area contributed by atoms with E-state index in [1.54, 1.807) is 18.2 Å². The van der Waals surface area contributed by atoms with Crippen LogP contribution in [0, 0.1) is 5.82 Å². The normalized spacial score (nSPS) is 12.2. The Kier molecular flexibility index (Phi) is 3.03. The Morgan fingerprint density at radius 2 is 2.31 bits per heavy atom. The Morgan fingerprint density at radius 1 is 1.62 bits per heavy atom. The van der Waals surface area contributed by atoms with E-state index in [0.29, 0.717) is 5.56 Å². The first-order valence-corrected chi connectivity index (χ1v) is 3.91. The molecule has 0 radical (unpaired) electrons. The lowest BCUT2D eigenvalue weighted by Gasteiger charge is -2.10. The van der Waals surface area contributed by atoms with Crippen LogP contribution in [0.25, 0.3) is 0 Å². The maximum atomic E-state index is 13.5. The topological polar surface area (TPSA) is 35.2 Å². The molecule has 0 unspecified atom stereocenters. The molecule has 0 saturated heterocycles. The summed E-state index contributed by atoms with van der Waals surface area (Å²) in [5, 5.41) is 0. The van der Waals surface area contributed by atoms with Gasteiger partial charge in [0.2, 0.25) is 0 Å². The van der Waals surface area contributed by atoms with E-state index in [1.165, 1.54) is 13.2 Å². The van der Waals surface area contributed by atoms with E-state index in [2.05, 4.69) is 6.58 Å². The van der Waals surface area contributed by atoms with E-state index in [4.69, 9.17) is 10.5 Å². The summed E-state index contributed by atoms with van der Waals surface area (Å²) < 4.78 is 18.3. The van der Waals surface area contributed by atoms with Crippen LogP contribution in [0.1, 0.15) is 11.6 Å².